The lowest BCUT2D eigenvalue weighted by atomic mass is 10.1. The molecule has 0 bridgehead atoms. The minimum absolute atomic E-state index is 0. The maximum Gasteiger partial charge on any atom is 0.231 e. The highest BCUT2D eigenvalue weighted by Gasteiger charge is 2.11. The van der Waals surface area contributed by atoms with Crippen molar-refractivity contribution in [3.63, 3.8) is 0 Å². The van der Waals surface area contributed by atoms with Gasteiger partial charge in [-0.2, -0.15) is 0 Å². The van der Waals surface area contributed by atoms with Gasteiger partial charge in [0, 0.05) is 34.7 Å². The summed E-state index contributed by atoms with van der Waals surface area (Å²) in [5.41, 5.74) is 4.02. The summed E-state index contributed by atoms with van der Waals surface area (Å²) in [5.74, 6) is 0.645. The molecule has 0 fully saturated rings. The smallest absolute Gasteiger partial charge is 0.231 e. The molecule has 1 amide bonds. The summed E-state index contributed by atoms with van der Waals surface area (Å²) in [6.07, 6.45) is 4.18. The number of aliphatic hydroxyl groups is 1. The summed E-state index contributed by atoms with van der Waals surface area (Å²) >= 11 is 2.30. The Morgan fingerprint density at radius 3 is 2.46 bits per heavy atom. The van der Waals surface area contributed by atoms with Gasteiger partial charge in [0.05, 0.1) is 12.5 Å². The van der Waals surface area contributed by atoms with Crippen molar-refractivity contribution in [1.82, 2.24) is 14.9 Å². The van der Waals surface area contributed by atoms with Crippen LogP contribution in [0.3, 0.4) is 0 Å². The zero-order valence-corrected chi connectivity index (χ0v) is 24.0. The van der Waals surface area contributed by atoms with Crippen molar-refractivity contribution in [3.05, 3.63) is 117 Å². The van der Waals surface area contributed by atoms with Crippen LogP contribution in [0, 0.1) is 3.57 Å². The second-order valence-corrected chi connectivity index (χ2v) is 9.65. The topological polar surface area (TPSA) is 79.2 Å². The number of carbonyl (C=O) groups excluding carboxylic acids is 1. The first-order valence-corrected chi connectivity index (χ1v) is 12.7. The van der Waals surface area contributed by atoms with Gasteiger partial charge in [0.1, 0.15) is 5.82 Å². The second-order valence-electron chi connectivity index (χ2n) is 8.40. The molecule has 1 unspecified atom stereocenters. The number of hydrogen-bond acceptors (Lipinski definition) is 4. The first-order valence-electron chi connectivity index (χ1n) is 11.6. The van der Waals surface area contributed by atoms with Gasteiger partial charge in [0.25, 0.3) is 0 Å². The lowest BCUT2D eigenvalue weighted by Gasteiger charge is -2.12. The van der Waals surface area contributed by atoms with Crippen LogP contribution in [0.5, 0.6) is 0 Å². The number of hydrogen-bond donors (Lipinski definition) is 3. The molecule has 4 rings (SSSR count). The largest absolute Gasteiger partial charge is 0.387 e. The van der Waals surface area contributed by atoms with E-state index in [4.69, 9.17) is 0 Å². The molecule has 0 radical (unpaired) electrons. The highest BCUT2D eigenvalue weighted by molar-refractivity contribution is 14.1. The Morgan fingerprint density at radius 2 is 1.73 bits per heavy atom. The van der Waals surface area contributed by atoms with Crippen molar-refractivity contribution in [2.45, 2.75) is 25.5 Å². The van der Waals surface area contributed by atoms with Gasteiger partial charge in [-0.3, -0.25) is 4.79 Å². The highest BCUT2D eigenvalue weighted by Crippen LogP contribution is 2.14. The maximum atomic E-state index is 12.6. The number of halogens is 3. The van der Waals surface area contributed by atoms with Crippen LogP contribution in [0.1, 0.15) is 28.6 Å². The average molecular weight is 653 g/mol. The lowest BCUT2D eigenvalue weighted by Crippen LogP contribution is -2.23. The molecule has 37 heavy (non-hydrogen) atoms. The zero-order valence-electron chi connectivity index (χ0n) is 20.2. The third-order valence-corrected chi connectivity index (χ3v) is 6.38. The first-order chi connectivity index (χ1) is 17.1. The fourth-order valence-electron chi connectivity index (χ4n) is 3.85. The predicted octanol–water partition coefficient (Wildman–Crippen LogP) is 5.43. The summed E-state index contributed by atoms with van der Waals surface area (Å²) in [6, 6.07) is 25.8. The molecule has 0 saturated heterocycles. The molecule has 4 aromatic rings. The molecule has 0 aliphatic rings. The van der Waals surface area contributed by atoms with E-state index in [0.717, 1.165) is 35.6 Å². The number of carbonyl (C=O) groups is 1. The molecule has 6 nitrogen and oxygen atoms in total. The minimum Gasteiger partial charge on any atom is -0.387 e. The van der Waals surface area contributed by atoms with Gasteiger partial charge in [-0.25, -0.2) is 4.98 Å². The molecule has 0 saturated carbocycles. The van der Waals surface area contributed by atoms with Crippen LogP contribution in [0.4, 0.5) is 5.69 Å². The molecular formula is C28H31Cl2IN4O2. The molecule has 3 N–H and O–H groups in total. The van der Waals surface area contributed by atoms with Crippen molar-refractivity contribution in [3.8, 4) is 0 Å². The number of aromatic nitrogens is 2. The average Bonchev–Trinajstić information content (AvgIpc) is 3.29. The van der Waals surface area contributed by atoms with Crippen LogP contribution < -0.4 is 10.6 Å². The Hall–Kier alpha value is -2.43. The van der Waals surface area contributed by atoms with Crippen molar-refractivity contribution in [2.24, 2.45) is 0 Å². The van der Waals surface area contributed by atoms with Crippen molar-refractivity contribution >= 4 is 59.0 Å². The molecule has 196 valence electrons. The molecule has 1 atom stereocenters. The van der Waals surface area contributed by atoms with E-state index in [9.17, 15) is 9.90 Å². The van der Waals surface area contributed by atoms with E-state index in [1.54, 1.807) is 6.20 Å². The van der Waals surface area contributed by atoms with Crippen LogP contribution in [0.25, 0.3) is 0 Å². The summed E-state index contributed by atoms with van der Waals surface area (Å²) in [7, 11) is 0. The van der Waals surface area contributed by atoms with E-state index in [2.05, 4.69) is 56.4 Å². The van der Waals surface area contributed by atoms with E-state index in [-0.39, 0.29) is 37.1 Å². The molecule has 0 aliphatic carbocycles. The summed E-state index contributed by atoms with van der Waals surface area (Å²) in [5, 5.41) is 16.5. The Kier molecular flexibility index (Phi) is 13.1. The third kappa shape index (κ3) is 9.75. The van der Waals surface area contributed by atoms with Gasteiger partial charge in [0.2, 0.25) is 5.91 Å². The fourth-order valence-corrected chi connectivity index (χ4v) is 4.46. The Labute approximate surface area is 243 Å². The van der Waals surface area contributed by atoms with Gasteiger partial charge in [-0.05, 0) is 76.5 Å². The van der Waals surface area contributed by atoms with Crippen molar-refractivity contribution < 1.29 is 9.90 Å². The quantitative estimate of drug-likeness (QED) is 0.149. The monoisotopic (exact) mass is 652 g/mol. The molecular weight excluding hydrogens is 622 g/mol. The molecule has 0 aliphatic heterocycles. The van der Waals surface area contributed by atoms with Crippen LogP contribution in [-0.2, 0) is 24.2 Å². The number of nitrogens with one attached hydrogen (secondary N) is 2. The summed E-state index contributed by atoms with van der Waals surface area (Å²) in [6.45, 7) is 1.96. The standard InChI is InChI=1S/C28H29IN4O2.2ClH/c29-24-8-4-5-22(17-24)20-33-16-15-31-27(33)18-28(35)32-25-11-9-21(10-12-25)13-14-30-19-26(34)23-6-2-1-3-7-23;;/h1-12,15-17,26,30,34H,13-14,18-20H2,(H,32,35);2*1H. The number of benzene rings is 3. The number of rotatable bonds is 11. The zero-order chi connectivity index (χ0) is 24.5. The Bertz CT molecular complexity index is 1240. The SMILES string of the molecule is Cl.Cl.O=C(Cc1nccn1Cc1cccc(I)c1)Nc1ccc(CCNCC(O)c2ccccc2)cc1. The van der Waals surface area contributed by atoms with Crippen LogP contribution in [0.2, 0.25) is 0 Å². The highest BCUT2D eigenvalue weighted by atomic mass is 127. The van der Waals surface area contributed by atoms with Gasteiger partial charge in [0.15, 0.2) is 0 Å². The van der Waals surface area contributed by atoms with E-state index < -0.39 is 6.10 Å². The van der Waals surface area contributed by atoms with Crippen LogP contribution in [0.15, 0.2) is 91.3 Å². The van der Waals surface area contributed by atoms with Gasteiger partial charge in [-0.1, -0.05) is 54.6 Å². The summed E-state index contributed by atoms with van der Waals surface area (Å²) < 4.78 is 3.19. The lowest BCUT2D eigenvalue weighted by molar-refractivity contribution is -0.115. The Morgan fingerprint density at radius 1 is 0.973 bits per heavy atom. The number of amides is 1. The van der Waals surface area contributed by atoms with Crippen LogP contribution in [-0.4, -0.2) is 33.7 Å². The molecule has 3 aromatic carbocycles. The van der Waals surface area contributed by atoms with Crippen molar-refractivity contribution in [2.75, 3.05) is 18.4 Å². The van der Waals surface area contributed by atoms with E-state index in [1.165, 1.54) is 9.13 Å². The molecule has 9 heteroatoms. The number of aliphatic hydroxyl groups excluding tert-OH is 1. The number of nitrogens with zero attached hydrogens (tertiary/aromatic N) is 2. The van der Waals surface area contributed by atoms with Gasteiger partial charge in [-0.15, -0.1) is 24.8 Å². The van der Waals surface area contributed by atoms with E-state index in [1.807, 2.05) is 71.4 Å². The van der Waals surface area contributed by atoms with Crippen molar-refractivity contribution in [1.29, 1.82) is 0 Å². The summed E-state index contributed by atoms with van der Waals surface area (Å²) in [4.78, 5) is 17.0. The number of anilines is 1. The molecule has 1 aromatic heterocycles. The van der Waals surface area contributed by atoms with Gasteiger partial charge < -0.3 is 20.3 Å². The maximum absolute atomic E-state index is 12.6. The molecule has 1 heterocycles. The first kappa shape index (κ1) is 30.8. The predicted molar refractivity (Wildman–Crippen MR) is 162 cm³/mol. The van der Waals surface area contributed by atoms with E-state index >= 15 is 0 Å². The Balaban J connectivity index is 0.00000241. The normalized spacial score (nSPS) is 11.2. The fraction of sp³-hybridized carbons (Fsp3) is 0.214. The number of imidazole rings is 1. The second kappa shape index (κ2) is 15.7. The molecule has 0 spiro atoms. The van der Waals surface area contributed by atoms with E-state index in [0.29, 0.717) is 13.1 Å². The third-order valence-electron chi connectivity index (χ3n) is 5.71. The van der Waals surface area contributed by atoms with Gasteiger partial charge >= 0.3 is 0 Å². The van der Waals surface area contributed by atoms with Crippen LogP contribution >= 0.6 is 47.4 Å². The minimum atomic E-state index is -0.513.